The first-order valence-electron chi connectivity index (χ1n) is 26.3. The van der Waals surface area contributed by atoms with Gasteiger partial charge < -0.3 is 53.3 Å². The third-order valence-corrected chi connectivity index (χ3v) is 14.0. The summed E-state index contributed by atoms with van der Waals surface area (Å²) in [5.74, 6) is 0.344. The van der Waals surface area contributed by atoms with E-state index in [0.717, 1.165) is 161 Å². The van der Waals surface area contributed by atoms with Gasteiger partial charge in [-0.15, -0.1) is 0 Å². The molecule has 0 radical (unpaired) electrons. The molecule has 4 aliphatic rings. The minimum atomic E-state index is -0.938. The standard InChI is InChI=1S/C34H43N2O3.C28H30N2O3.2ClH/c1-6-11-12-15-22-38-34(37)28-17-14-13-16-27(28)33-29-20-18-25(35(7-2)8-3)23-31(29)39-32-24-26(19-21-30(32)33)36(9-4)10-5;1-5-29(6-2)19-13-15-23-25(17-19)33-26-18-20(30(7-3)8-4)14-16-24(26)27(23)21-11-9-10-12-22(21)28(31)32;;/h13-14,16-21,23-24H,6-12,15,22H2,1-5H3;9-18H,5-8H2,1-4H3;2*1H/q+1;;;/p-1. The summed E-state index contributed by atoms with van der Waals surface area (Å²) in [5, 5.41) is 14.0. The van der Waals surface area contributed by atoms with Crippen LogP contribution in [0.3, 0.4) is 0 Å². The molecular weight excluding hydrogens is 968 g/mol. The number of fused-ring (bicyclic) bond motifs is 4. The molecule has 392 valence electrons. The lowest BCUT2D eigenvalue weighted by molar-refractivity contribution is -0.00100. The summed E-state index contributed by atoms with van der Waals surface area (Å²) < 4.78 is 23.4. The van der Waals surface area contributed by atoms with Gasteiger partial charge in [-0.2, -0.15) is 0 Å². The van der Waals surface area contributed by atoms with E-state index in [4.69, 9.17) is 13.6 Å². The molecule has 0 amide bonds. The number of carboxylic acid groups (broad SMARTS) is 1. The van der Waals surface area contributed by atoms with Crippen molar-refractivity contribution in [1.29, 1.82) is 0 Å². The van der Waals surface area contributed by atoms with E-state index in [1.54, 1.807) is 12.1 Å². The van der Waals surface area contributed by atoms with Crippen LogP contribution in [0.15, 0.2) is 130 Å². The van der Waals surface area contributed by atoms with Crippen LogP contribution >= 0.6 is 0 Å². The molecule has 4 aromatic carbocycles. The average molecular weight is 1040 g/mol. The predicted molar refractivity (Wildman–Crippen MR) is 298 cm³/mol. The first-order valence-corrected chi connectivity index (χ1v) is 26.3. The fourth-order valence-corrected chi connectivity index (χ4v) is 10.00. The largest absolute Gasteiger partial charge is 1.00 e. The van der Waals surface area contributed by atoms with Crippen molar-refractivity contribution in [2.24, 2.45) is 0 Å². The molecule has 2 heterocycles. The number of esters is 1. The average Bonchev–Trinajstić information content (AvgIpc) is 3.40. The molecule has 8 rings (SSSR count). The zero-order valence-corrected chi connectivity index (χ0v) is 46.3. The van der Waals surface area contributed by atoms with E-state index in [-0.39, 0.29) is 36.3 Å². The molecule has 0 saturated carbocycles. The summed E-state index contributed by atoms with van der Waals surface area (Å²) in [6.07, 6.45) is 4.28. The molecule has 2 aliphatic heterocycles. The Bertz CT molecular complexity index is 3230. The Morgan fingerprint density at radius 1 is 0.500 bits per heavy atom. The number of benzene rings is 6. The number of nitrogens with zero attached hydrogens (tertiary/aromatic N) is 4. The fraction of sp³-hybridized carbons (Fsp3) is 0.355. The van der Waals surface area contributed by atoms with Crippen LogP contribution in [0, 0.1) is 0 Å². The molecule has 2 aliphatic carbocycles. The fourth-order valence-electron chi connectivity index (χ4n) is 10.00. The Balaban J connectivity index is 0.000000270. The van der Waals surface area contributed by atoms with Gasteiger partial charge >= 0.3 is 11.9 Å². The van der Waals surface area contributed by atoms with Crippen LogP contribution in [-0.4, -0.2) is 76.0 Å². The van der Waals surface area contributed by atoms with E-state index in [1.165, 1.54) is 0 Å². The maximum atomic E-state index is 13.3. The molecular formula is C62H74Cl2N4O6. The van der Waals surface area contributed by atoms with Gasteiger partial charge in [-0.05, 0) is 121 Å². The Labute approximate surface area is 450 Å². The van der Waals surface area contributed by atoms with E-state index < -0.39 is 5.97 Å². The lowest BCUT2D eigenvalue weighted by Gasteiger charge is -2.22. The third kappa shape index (κ3) is 12.6. The van der Waals surface area contributed by atoms with Gasteiger partial charge in [-0.1, -0.05) is 62.6 Å². The van der Waals surface area contributed by atoms with E-state index in [2.05, 4.69) is 154 Å². The molecule has 12 heteroatoms. The van der Waals surface area contributed by atoms with E-state index in [1.807, 2.05) is 36.4 Å². The van der Waals surface area contributed by atoms with E-state index >= 15 is 0 Å². The highest BCUT2D eigenvalue weighted by atomic mass is 35.5. The van der Waals surface area contributed by atoms with E-state index in [9.17, 15) is 14.7 Å². The molecule has 1 N–H and O–H groups in total. The van der Waals surface area contributed by atoms with Gasteiger partial charge in [0.05, 0.1) is 29.9 Å². The quantitative estimate of drug-likeness (QED) is 0.0394. The summed E-state index contributed by atoms with van der Waals surface area (Å²) in [6.45, 7) is 27.1. The highest BCUT2D eigenvalue weighted by Crippen LogP contribution is 2.44. The highest BCUT2D eigenvalue weighted by Gasteiger charge is 2.25. The van der Waals surface area contributed by atoms with Gasteiger partial charge in [0.1, 0.15) is 48.9 Å². The molecule has 10 nitrogen and oxygen atoms in total. The van der Waals surface area contributed by atoms with Crippen molar-refractivity contribution in [3.63, 3.8) is 0 Å². The van der Waals surface area contributed by atoms with Crippen LogP contribution in [0.2, 0.25) is 0 Å². The van der Waals surface area contributed by atoms with Gasteiger partial charge in [0.25, 0.3) is 0 Å². The minimum Gasteiger partial charge on any atom is -1.00 e. The Kier molecular flexibility index (Phi) is 21.7. The molecule has 0 saturated heterocycles. The van der Waals surface area contributed by atoms with Gasteiger partial charge in [0, 0.05) is 94.8 Å². The van der Waals surface area contributed by atoms with E-state index in [0.29, 0.717) is 17.7 Å². The summed E-state index contributed by atoms with van der Waals surface area (Å²) in [6, 6.07) is 40.2. The summed E-state index contributed by atoms with van der Waals surface area (Å²) in [7, 11) is 0. The number of rotatable bonds is 19. The van der Waals surface area contributed by atoms with Gasteiger partial charge in [-0.3, -0.25) is 0 Å². The Morgan fingerprint density at radius 2 is 0.932 bits per heavy atom. The van der Waals surface area contributed by atoms with Crippen LogP contribution in [-0.2, 0) is 4.74 Å². The molecule has 0 spiro atoms. The van der Waals surface area contributed by atoms with Gasteiger partial charge in [-0.25, -0.2) is 18.7 Å². The predicted octanol–water partition coefficient (Wildman–Crippen LogP) is 7.17. The SMILES string of the molecule is CCCCCCOC(=O)c1ccccc1-c1c2ccc(=[N+](CC)CC)cc-2oc2cc(N(CC)CC)ccc12.CCN(CC)c1ccc2c(-c3ccccc3C(=O)O)c3ccc(=[N+](CC)CC)cc-3oc2c1.[Cl-].[Cl-]. The minimum absolute atomic E-state index is 0. The van der Waals surface area contributed by atoms with Crippen LogP contribution in [0.4, 0.5) is 11.4 Å². The van der Waals surface area contributed by atoms with Crippen molar-refractivity contribution in [2.75, 3.05) is 68.8 Å². The number of ether oxygens (including phenoxy) is 1. The molecule has 0 atom stereocenters. The number of hydrogen-bond donors (Lipinski definition) is 1. The smallest absolute Gasteiger partial charge is 0.338 e. The normalized spacial score (nSPS) is 10.9. The van der Waals surface area contributed by atoms with Crippen molar-refractivity contribution >= 4 is 45.3 Å². The summed E-state index contributed by atoms with van der Waals surface area (Å²) in [5.41, 5.74) is 9.99. The number of halogens is 2. The maximum Gasteiger partial charge on any atom is 0.338 e. The van der Waals surface area contributed by atoms with Gasteiger partial charge in [0.2, 0.25) is 10.7 Å². The molecule has 0 bridgehead atoms. The maximum absolute atomic E-state index is 13.3. The highest BCUT2D eigenvalue weighted by molar-refractivity contribution is 6.09. The second-order valence-corrected chi connectivity index (χ2v) is 18.0. The molecule has 4 aromatic rings. The molecule has 74 heavy (non-hydrogen) atoms. The monoisotopic (exact) mass is 1040 g/mol. The summed E-state index contributed by atoms with van der Waals surface area (Å²) >= 11 is 0. The summed E-state index contributed by atoms with van der Waals surface area (Å²) in [4.78, 5) is 30.0. The lowest BCUT2D eigenvalue weighted by atomic mass is 9.90. The van der Waals surface area contributed by atoms with Crippen LogP contribution in [0.5, 0.6) is 0 Å². The number of carboxylic acids is 1. The number of anilines is 2. The van der Waals surface area contributed by atoms with Crippen molar-refractivity contribution in [3.8, 4) is 44.9 Å². The molecule has 0 fully saturated rings. The number of hydrogen-bond acceptors (Lipinski definition) is 7. The Hall–Kier alpha value is -6.62. The van der Waals surface area contributed by atoms with Gasteiger partial charge in [0.15, 0.2) is 0 Å². The second kappa shape index (κ2) is 27.6. The van der Waals surface area contributed by atoms with Crippen molar-refractivity contribution in [1.82, 2.24) is 9.15 Å². The first-order chi connectivity index (χ1) is 35.1. The number of aromatic carboxylic acids is 1. The number of unbranched alkanes of at least 4 members (excludes halogenated alkanes) is 3. The second-order valence-electron chi connectivity index (χ2n) is 18.0. The number of carbonyl (C=O) groups excluding carboxylic acids is 1. The molecule has 0 unspecified atom stereocenters. The lowest BCUT2D eigenvalue weighted by Crippen LogP contribution is -3.00. The topological polar surface area (TPSA) is 102 Å². The Morgan fingerprint density at radius 3 is 1.35 bits per heavy atom. The zero-order chi connectivity index (χ0) is 51.3. The first kappa shape index (κ1) is 58.3. The van der Waals surface area contributed by atoms with Crippen molar-refractivity contribution in [2.45, 2.75) is 88.0 Å². The van der Waals surface area contributed by atoms with Crippen LogP contribution < -0.4 is 54.5 Å². The number of carbonyl (C=O) groups is 2. The zero-order valence-electron chi connectivity index (χ0n) is 44.8. The van der Waals surface area contributed by atoms with Crippen molar-refractivity contribution < 1.29 is 53.1 Å². The van der Waals surface area contributed by atoms with Crippen LogP contribution in [0.25, 0.3) is 66.8 Å². The van der Waals surface area contributed by atoms with Crippen molar-refractivity contribution in [3.05, 3.63) is 143 Å². The molecule has 0 aromatic heterocycles. The third-order valence-electron chi connectivity index (χ3n) is 14.0. The van der Waals surface area contributed by atoms with Crippen LogP contribution in [0.1, 0.15) is 109 Å².